The van der Waals surface area contributed by atoms with E-state index in [0.29, 0.717) is 19.0 Å². The minimum atomic E-state index is 0.565. The van der Waals surface area contributed by atoms with Crippen molar-refractivity contribution in [2.75, 3.05) is 5.32 Å². The molecule has 4 heterocycles. The monoisotopic (exact) mass is 360 g/mol. The van der Waals surface area contributed by atoms with Gasteiger partial charge in [0.25, 0.3) is 0 Å². The molecule has 0 spiro atoms. The van der Waals surface area contributed by atoms with Gasteiger partial charge in [-0.3, -0.25) is 4.98 Å². The molecular weight excluding hydrogens is 340 g/mol. The molecule has 0 aliphatic heterocycles. The molecule has 1 aliphatic carbocycles. The molecule has 0 atom stereocenters. The fourth-order valence-electron chi connectivity index (χ4n) is 3.29. The molecule has 7 heteroatoms. The Morgan fingerprint density at radius 1 is 1.19 bits per heavy atom. The third-order valence-electron chi connectivity index (χ3n) is 4.77. The smallest absolute Gasteiger partial charge is 0.154 e. The van der Waals surface area contributed by atoms with Gasteiger partial charge in [-0.25, -0.2) is 9.97 Å². The molecular formula is C20H20N6O. The highest BCUT2D eigenvalue weighted by Gasteiger charge is 2.27. The average molecular weight is 360 g/mol. The van der Waals surface area contributed by atoms with E-state index in [-0.39, 0.29) is 0 Å². The standard InChI is InChI=1S/C20H20N6O/c1-13-23-17-7-9-26(12-15-4-2-3-8-21-15)19(17)20(24-13)22-11-16-10-18(27-25-16)14-5-6-14/h2-4,7-10,14H,5-6,11-12H2,1H3,(H,22,23,24). The zero-order valence-corrected chi connectivity index (χ0v) is 15.1. The van der Waals surface area contributed by atoms with Gasteiger partial charge in [-0.1, -0.05) is 11.2 Å². The zero-order valence-electron chi connectivity index (χ0n) is 15.1. The Morgan fingerprint density at radius 3 is 2.93 bits per heavy atom. The Hall–Kier alpha value is -3.22. The summed E-state index contributed by atoms with van der Waals surface area (Å²) in [5.41, 5.74) is 3.77. The van der Waals surface area contributed by atoms with Gasteiger partial charge in [0.15, 0.2) is 5.82 Å². The predicted molar refractivity (Wildman–Crippen MR) is 101 cm³/mol. The van der Waals surface area contributed by atoms with Gasteiger partial charge < -0.3 is 14.4 Å². The van der Waals surface area contributed by atoms with Crippen LogP contribution in [0.5, 0.6) is 0 Å². The van der Waals surface area contributed by atoms with Crippen molar-refractivity contribution in [3.63, 3.8) is 0 Å². The summed E-state index contributed by atoms with van der Waals surface area (Å²) in [7, 11) is 0. The molecule has 0 amide bonds. The molecule has 0 saturated heterocycles. The van der Waals surface area contributed by atoms with Gasteiger partial charge in [-0.15, -0.1) is 0 Å². The minimum Gasteiger partial charge on any atom is -0.362 e. The van der Waals surface area contributed by atoms with Gasteiger partial charge in [0.05, 0.1) is 24.3 Å². The lowest BCUT2D eigenvalue weighted by molar-refractivity contribution is 0.379. The van der Waals surface area contributed by atoms with E-state index < -0.39 is 0 Å². The van der Waals surface area contributed by atoms with Crippen molar-refractivity contribution >= 4 is 16.9 Å². The van der Waals surface area contributed by atoms with Crippen LogP contribution in [0.3, 0.4) is 0 Å². The normalized spacial score (nSPS) is 14.0. The molecule has 5 rings (SSSR count). The lowest BCUT2D eigenvalue weighted by atomic mass is 10.3. The molecule has 0 radical (unpaired) electrons. The Bertz CT molecular complexity index is 1080. The second-order valence-electron chi connectivity index (χ2n) is 6.97. The van der Waals surface area contributed by atoms with E-state index in [1.54, 1.807) is 0 Å². The molecule has 7 nitrogen and oxygen atoms in total. The number of nitrogens with zero attached hydrogens (tertiary/aromatic N) is 5. The van der Waals surface area contributed by atoms with Gasteiger partial charge in [0.2, 0.25) is 0 Å². The second-order valence-corrected chi connectivity index (χ2v) is 6.97. The summed E-state index contributed by atoms with van der Waals surface area (Å²) in [6, 6.07) is 9.99. The van der Waals surface area contributed by atoms with Gasteiger partial charge in [0, 0.05) is 24.4 Å². The summed E-state index contributed by atoms with van der Waals surface area (Å²) in [5, 5.41) is 7.59. The number of pyridine rings is 1. The van der Waals surface area contributed by atoms with Crippen LogP contribution < -0.4 is 5.32 Å². The van der Waals surface area contributed by atoms with Crippen molar-refractivity contribution < 1.29 is 4.52 Å². The number of hydrogen-bond donors (Lipinski definition) is 1. The summed E-state index contributed by atoms with van der Waals surface area (Å²) in [4.78, 5) is 13.6. The maximum atomic E-state index is 5.44. The van der Waals surface area contributed by atoms with Crippen LogP contribution >= 0.6 is 0 Å². The summed E-state index contributed by atoms with van der Waals surface area (Å²) in [6.07, 6.45) is 6.24. The van der Waals surface area contributed by atoms with Crippen LogP contribution in [0.2, 0.25) is 0 Å². The van der Waals surface area contributed by atoms with E-state index in [1.165, 1.54) is 12.8 Å². The Kier molecular flexibility index (Phi) is 3.85. The first-order valence-electron chi connectivity index (χ1n) is 9.19. The number of rotatable bonds is 6. The molecule has 0 aromatic carbocycles. The predicted octanol–water partition coefficient (Wildman–Crippen LogP) is 3.66. The van der Waals surface area contributed by atoms with Crippen molar-refractivity contribution in [2.45, 2.75) is 38.8 Å². The van der Waals surface area contributed by atoms with Gasteiger partial charge >= 0.3 is 0 Å². The average Bonchev–Trinajstić information content (AvgIpc) is 3.29. The first kappa shape index (κ1) is 16.0. The molecule has 4 aromatic rings. The van der Waals surface area contributed by atoms with Crippen LogP contribution in [0.1, 0.15) is 41.7 Å². The molecule has 4 aromatic heterocycles. The lowest BCUT2D eigenvalue weighted by Gasteiger charge is -2.10. The molecule has 1 N–H and O–H groups in total. The van der Waals surface area contributed by atoms with Crippen LogP contribution in [0.25, 0.3) is 11.0 Å². The van der Waals surface area contributed by atoms with Crippen molar-refractivity contribution in [1.82, 2.24) is 24.7 Å². The summed E-state index contributed by atoms with van der Waals surface area (Å²) in [6.45, 7) is 3.14. The van der Waals surface area contributed by atoms with E-state index in [4.69, 9.17) is 4.52 Å². The van der Waals surface area contributed by atoms with Gasteiger partial charge in [-0.2, -0.15) is 0 Å². The van der Waals surface area contributed by atoms with E-state index in [0.717, 1.165) is 39.8 Å². The Labute approximate surface area is 156 Å². The van der Waals surface area contributed by atoms with Crippen LogP contribution in [0.15, 0.2) is 47.2 Å². The topological polar surface area (TPSA) is 81.7 Å². The number of hydrogen-bond acceptors (Lipinski definition) is 6. The van der Waals surface area contributed by atoms with Gasteiger partial charge in [0.1, 0.15) is 22.8 Å². The van der Waals surface area contributed by atoms with Crippen molar-refractivity contribution in [3.8, 4) is 0 Å². The van der Waals surface area contributed by atoms with E-state index in [2.05, 4.69) is 30.0 Å². The summed E-state index contributed by atoms with van der Waals surface area (Å²) in [5.74, 6) is 3.10. The SMILES string of the molecule is Cc1nc(NCc2cc(C3CC3)on2)c2c(ccn2Cc2ccccn2)n1. The van der Waals surface area contributed by atoms with Crippen molar-refractivity contribution in [2.24, 2.45) is 0 Å². The highest BCUT2D eigenvalue weighted by Crippen LogP contribution is 2.40. The van der Waals surface area contributed by atoms with E-state index in [1.807, 2.05) is 49.6 Å². The largest absolute Gasteiger partial charge is 0.362 e. The minimum absolute atomic E-state index is 0.565. The number of aromatic nitrogens is 5. The number of aryl methyl sites for hydroxylation is 1. The van der Waals surface area contributed by atoms with Crippen LogP contribution in [-0.4, -0.2) is 24.7 Å². The van der Waals surface area contributed by atoms with Crippen LogP contribution in [-0.2, 0) is 13.1 Å². The molecule has 1 saturated carbocycles. The zero-order chi connectivity index (χ0) is 18.2. The van der Waals surface area contributed by atoms with E-state index in [9.17, 15) is 0 Å². The fourth-order valence-corrected chi connectivity index (χ4v) is 3.29. The number of fused-ring (bicyclic) bond motifs is 1. The molecule has 0 unspecified atom stereocenters. The van der Waals surface area contributed by atoms with Crippen LogP contribution in [0.4, 0.5) is 5.82 Å². The van der Waals surface area contributed by atoms with Gasteiger partial charge in [-0.05, 0) is 38.0 Å². The maximum absolute atomic E-state index is 5.44. The second kappa shape index (κ2) is 6.50. The fraction of sp³-hybridized carbons (Fsp3) is 0.300. The molecule has 1 fully saturated rings. The molecule has 27 heavy (non-hydrogen) atoms. The molecule has 136 valence electrons. The number of nitrogens with one attached hydrogen (secondary N) is 1. The van der Waals surface area contributed by atoms with Crippen molar-refractivity contribution in [3.05, 3.63) is 65.7 Å². The Balaban J connectivity index is 1.43. The van der Waals surface area contributed by atoms with Crippen LogP contribution in [0, 0.1) is 6.92 Å². The highest BCUT2D eigenvalue weighted by atomic mass is 16.5. The highest BCUT2D eigenvalue weighted by molar-refractivity contribution is 5.86. The quantitative estimate of drug-likeness (QED) is 0.565. The maximum Gasteiger partial charge on any atom is 0.154 e. The third kappa shape index (κ3) is 3.28. The first-order chi connectivity index (χ1) is 13.3. The summed E-state index contributed by atoms with van der Waals surface area (Å²) >= 11 is 0. The Morgan fingerprint density at radius 2 is 2.11 bits per heavy atom. The summed E-state index contributed by atoms with van der Waals surface area (Å²) < 4.78 is 7.56. The van der Waals surface area contributed by atoms with E-state index >= 15 is 0 Å². The molecule has 0 bridgehead atoms. The van der Waals surface area contributed by atoms with Crippen molar-refractivity contribution in [1.29, 1.82) is 0 Å². The third-order valence-corrected chi connectivity index (χ3v) is 4.77. The first-order valence-corrected chi connectivity index (χ1v) is 9.19. The molecule has 1 aliphatic rings. The number of anilines is 1. The lowest BCUT2D eigenvalue weighted by Crippen LogP contribution is -2.08.